The zero-order valence-electron chi connectivity index (χ0n) is 12.6. The summed E-state index contributed by atoms with van der Waals surface area (Å²) in [6, 6.07) is 0. The molecule has 0 aromatic rings. The molecule has 0 aliphatic heterocycles. The molecule has 3 atom stereocenters. The Morgan fingerprint density at radius 2 is 2.26 bits per heavy atom. The average molecular weight is 287 g/mol. The predicted octanol–water partition coefficient (Wildman–Crippen LogP) is 3.53. The number of carboxylic acid groups (broad SMARTS) is 1. The zero-order valence-corrected chi connectivity index (χ0v) is 13.4. The summed E-state index contributed by atoms with van der Waals surface area (Å²) in [5.41, 5.74) is -0.647. The highest BCUT2D eigenvalue weighted by Gasteiger charge is 2.48. The first-order valence-electron chi connectivity index (χ1n) is 7.66. The lowest BCUT2D eigenvalue weighted by Crippen LogP contribution is -2.55. The van der Waals surface area contributed by atoms with E-state index in [1.807, 2.05) is 11.8 Å². The Kier molecular flexibility index (Phi) is 7.22. The topological polar surface area (TPSA) is 49.3 Å². The second-order valence-electron chi connectivity index (χ2n) is 5.67. The Morgan fingerprint density at radius 1 is 1.53 bits per heavy atom. The van der Waals surface area contributed by atoms with Crippen LogP contribution in [0.3, 0.4) is 0 Å². The zero-order chi connectivity index (χ0) is 14.3. The number of carboxylic acids is 1. The van der Waals surface area contributed by atoms with E-state index in [-0.39, 0.29) is 0 Å². The largest absolute Gasteiger partial charge is 0.480 e. The van der Waals surface area contributed by atoms with Crippen LogP contribution in [0, 0.1) is 5.92 Å². The number of aliphatic carboxylic acids is 1. The second kappa shape index (κ2) is 8.15. The van der Waals surface area contributed by atoms with Gasteiger partial charge in [0.05, 0.1) is 0 Å². The summed E-state index contributed by atoms with van der Waals surface area (Å²) in [6.07, 6.45) is 6.10. The van der Waals surface area contributed by atoms with E-state index in [0.29, 0.717) is 11.2 Å². The first-order chi connectivity index (χ1) is 9.06. The van der Waals surface area contributed by atoms with Gasteiger partial charge in [-0.2, -0.15) is 11.8 Å². The SMILES string of the molecule is CCCNC1(C(=O)O)CCCC1CCSC(C)CC. The molecule has 0 radical (unpaired) electrons. The molecule has 1 aliphatic carbocycles. The van der Waals surface area contributed by atoms with Crippen molar-refractivity contribution < 1.29 is 9.90 Å². The van der Waals surface area contributed by atoms with Crippen molar-refractivity contribution in [1.29, 1.82) is 0 Å². The van der Waals surface area contributed by atoms with Crippen molar-refractivity contribution in [3.8, 4) is 0 Å². The maximum atomic E-state index is 11.7. The number of hydrogen-bond donors (Lipinski definition) is 2. The van der Waals surface area contributed by atoms with Gasteiger partial charge in [0.2, 0.25) is 0 Å². The highest BCUT2D eigenvalue weighted by atomic mass is 32.2. The van der Waals surface area contributed by atoms with E-state index < -0.39 is 11.5 Å². The molecule has 1 fully saturated rings. The fourth-order valence-electron chi connectivity index (χ4n) is 2.94. The fraction of sp³-hybridized carbons (Fsp3) is 0.933. The van der Waals surface area contributed by atoms with Gasteiger partial charge in [0.15, 0.2) is 0 Å². The van der Waals surface area contributed by atoms with Crippen LogP contribution in [0.4, 0.5) is 0 Å². The molecule has 3 nitrogen and oxygen atoms in total. The number of thioether (sulfide) groups is 1. The molecule has 0 aromatic heterocycles. The first kappa shape index (κ1) is 16.8. The Labute approximate surface area is 121 Å². The van der Waals surface area contributed by atoms with Gasteiger partial charge in [-0.15, -0.1) is 0 Å². The van der Waals surface area contributed by atoms with Gasteiger partial charge in [0, 0.05) is 5.25 Å². The molecule has 19 heavy (non-hydrogen) atoms. The van der Waals surface area contributed by atoms with E-state index in [4.69, 9.17) is 0 Å². The molecule has 0 bridgehead atoms. The molecular weight excluding hydrogens is 258 g/mol. The van der Waals surface area contributed by atoms with Crippen LogP contribution in [0.5, 0.6) is 0 Å². The Morgan fingerprint density at radius 3 is 2.84 bits per heavy atom. The normalized spacial score (nSPS) is 28.5. The Balaban J connectivity index is 2.56. The fourth-order valence-corrected chi connectivity index (χ4v) is 3.99. The van der Waals surface area contributed by atoms with E-state index in [9.17, 15) is 9.90 Å². The average Bonchev–Trinajstić information content (AvgIpc) is 2.80. The maximum Gasteiger partial charge on any atom is 0.324 e. The smallest absolute Gasteiger partial charge is 0.324 e. The molecule has 1 aliphatic rings. The van der Waals surface area contributed by atoms with Crippen molar-refractivity contribution >= 4 is 17.7 Å². The van der Waals surface area contributed by atoms with Crippen LogP contribution in [0.1, 0.15) is 59.3 Å². The van der Waals surface area contributed by atoms with E-state index in [1.54, 1.807) is 0 Å². The highest BCUT2D eigenvalue weighted by Crippen LogP contribution is 2.39. The maximum absolute atomic E-state index is 11.7. The van der Waals surface area contributed by atoms with Crippen LogP contribution in [0.2, 0.25) is 0 Å². The van der Waals surface area contributed by atoms with Crippen molar-refractivity contribution in [3.63, 3.8) is 0 Å². The number of carbonyl (C=O) groups is 1. The second-order valence-corrected chi connectivity index (χ2v) is 7.22. The van der Waals surface area contributed by atoms with Crippen LogP contribution in [0.15, 0.2) is 0 Å². The number of hydrogen-bond acceptors (Lipinski definition) is 3. The molecule has 2 N–H and O–H groups in total. The summed E-state index contributed by atoms with van der Waals surface area (Å²) < 4.78 is 0. The molecule has 0 amide bonds. The summed E-state index contributed by atoms with van der Waals surface area (Å²) >= 11 is 1.98. The third-order valence-corrected chi connectivity index (χ3v) is 5.71. The van der Waals surface area contributed by atoms with Gasteiger partial charge in [-0.3, -0.25) is 4.79 Å². The summed E-state index contributed by atoms with van der Waals surface area (Å²) in [7, 11) is 0. The molecule has 4 heteroatoms. The molecular formula is C15H29NO2S. The van der Waals surface area contributed by atoms with Crippen molar-refractivity contribution in [3.05, 3.63) is 0 Å². The van der Waals surface area contributed by atoms with Gasteiger partial charge < -0.3 is 10.4 Å². The van der Waals surface area contributed by atoms with Crippen molar-refractivity contribution in [1.82, 2.24) is 5.32 Å². The van der Waals surface area contributed by atoms with Gasteiger partial charge in [-0.25, -0.2) is 0 Å². The van der Waals surface area contributed by atoms with Crippen LogP contribution in [-0.2, 0) is 4.79 Å². The lowest BCUT2D eigenvalue weighted by atomic mass is 9.85. The van der Waals surface area contributed by atoms with Gasteiger partial charge in [-0.1, -0.05) is 27.2 Å². The standard InChI is InChI=1S/C15H29NO2S/c1-4-10-16-15(14(17)18)9-6-7-13(15)8-11-19-12(3)5-2/h12-13,16H,4-11H2,1-3H3,(H,17,18). The van der Waals surface area contributed by atoms with E-state index in [1.165, 1.54) is 6.42 Å². The molecule has 1 saturated carbocycles. The van der Waals surface area contributed by atoms with Crippen molar-refractivity contribution in [2.24, 2.45) is 5.92 Å². The van der Waals surface area contributed by atoms with Gasteiger partial charge >= 0.3 is 5.97 Å². The van der Waals surface area contributed by atoms with Crippen LogP contribution in [-0.4, -0.2) is 34.2 Å². The lowest BCUT2D eigenvalue weighted by Gasteiger charge is -2.32. The lowest BCUT2D eigenvalue weighted by molar-refractivity contribution is -0.146. The third-order valence-electron chi connectivity index (χ3n) is 4.34. The highest BCUT2D eigenvalue weighted by molar-refractivity contribution is 7.99. The van der Waals surface area contributed by atoms with Crippen LogP contribution in [0.25, 0.3) is 0 Å². The molecule has 3 unspecified atom stereocenters. The summed E-state index contributed by atoms with van der Waals surface area (Å²) in [6.45, 7) is 7.35. The monoisotopic (exact) mass is 287 g/mol. The summed E-state index contributed by atoms with van der Waals surface area (Å²) in [5.74, 6) is 0.743. The minimum atomic E-state index is -0.647. The first-order valence-corrected chi connectivity index (χ1v) is 8.71. The van der Waals surface area contributed by atoms with E-state index in [0.717, 1.165) is 44.4 Å². The van der Waals surface area contributed by atoms with Crippen molar-refractivity contribution in [2.45, 2.75) is 70.1 Å². The molecule has 0 spiro atoms. The Hall–Kier alpha value is -0.220. The summed E-state index contributed by atoms with van der Waals surface area (Å²) in [5, 5.41) is 13.7. The van der Waals surface area contributed by atoms with Crippen molar-refractivity contribution in [2.75, 3.05) is 12.3 Å². The number of nitrogens with one attached hydrogen (secondary N) is 1. The summed E-state index contributed by atoms with van der Waals surface area (Å²) in [4.78, 5) is 11.7. The molecule has 0 saturated heterocycles. The van der Waals surface area contributed by atoms with E-state index >= 15 is 0 Å². The van der Waals surface area contributed by atoms with Gasteiger partial charge in [-0.05, 0) is 50.3 Å². The van der Waals surface area contributed by atoms with Crippen LogP contribution >= 0.6 is 11.8 Å². The quantitative estimate of drug-likeness (QED) is 0.681. The third kappa shape index (κ3) is 4.38. The van der Waals surface area contributed by atoms with Gasteiger partial charge in [0.1, 0.15) is 5.54 Å². The van der Waals surface area contributed by atoms with Crippen LogP contribution < -0.4 is 5.32 Å². The molecule has 1 rings (SSSR count). The predicted molar refractivity (Wildman–Crippen MR) is 82.8 cm³/mol. The minimum Gasteiger partial charge on any atom is -0.480 e. The molecule has 0 aromatic carbocycles. The van der Waals surface area contributed by atoms with Gasteiger partial charge in [0.25, 0.3) is 0 Å². The Bertz CT molecular complexity index is 285. The molecule has 112 valence electrons. The van der Waals surface area contributed by atoms with E-state index in [2.05, 4.69) is 26.1 Å². The minimum absolute atomic E-state index is 0.299. The number of rotatable bonds is 9. The molecule has 0 heterocycles.